The van der Waals surface area contributed by atoms with Crippen LogP contribution >= 0.6 is 0 Å². The molecule has 1 aromatic rings. The fraction of sp³-hybridized carbons (Fsp3) is 0.562. The third-order valence-corrected chi connectivity index (χ3v) is 4.51. The van der Waals surface area contributed by atoms with Crippen molar-refractivity contribution in [1.29, 1.82) is 0 Å². The smallest absolute Gasteiger partial charge is 0.309 e. The summed E-state index contributed by atoms with van der Waals surface area (Å²) in [6.45, 7) is 3.95. The summed E-state index contributed by atoms with van der Waals surface area (Å²) >= 11 is 0. The summed E-state index contributed by atoms with van der Waals surface area (Å²) in [5.74, 6) is -0.659. The molecule has 0 saturated carbocycles. The van der Waals surface area contributed by atoms with Crippen LogP contribution in [0.1, 0.15) is 49.8 Å². The normalized spacial score (nSPS) is 14.6. The Bertz CT molecular complexity index is 444. The van der Waals surface area contributed by atoms with Crippen LogP contribution in [0.4, 0.5) is 0 Å². The van der Waals surface area contributed by atoms with Gasteiger partial charge in [0.25, 0.3) is 0 Å². The number of carboxylic acid groups (broad SMARTS) is 1. The average molecular weight is 246 g/mol. The topological polar surface area (TPSA) is 37.3 Å². The highest BCUT2D eigenvalue weighted by Crippen LogP contribution is 2.33. The molecule has 18 heavy (non-hydrogen) atoms. The van der Waals surface area contributed by atoms with Gasteiger partial charge in [0.2, 0.25) is 0 Å². The summed E-state index contributed by atoms with van der Waals surface area (Å²) < 4.78 is 0. The monoisotopic (exact) mass is 246 g/mol. The van der Waals surface area contributed by atoms with Gasteiger partial charge in [-0.25, -0.2) is 0 Å². The first kappa shape index (κ1) is 13.1. The highest BCUT2D eigenvalue weighted by molar-refractivity contribution is 5.75. The molecule has 1 aliphatic rings. The van der Waals surface area contributed by atoms with Crippen LogP contribution < -0.4 is 0 Å². The van der Waals surface area contributed by atoms with E-state index >= 15 is 0 Å². The van der Waals surface area contributed by atoms with Crippen molar-refractivity contribution in [1.82, 2.24) is 0 Å². The summed E-state index contributed by atoms with van der Waals surface area (Å²) in [6, 6.07) is 6.54. The molecule has 1 aromatic carbocycles. The van der Waals surface area contributed by atoms with Crippen LogP contribution in [0, 0.1) is 5.41 Å². The van der Waals surface area contributed by atoms with Gasteiger partial charge in [0, 0.05) is 0 Å². The van der Waals surface area contributed by atoms with Gasteiger partial charge < -0.3 is 5.11 Å². The number of aryl methyl sites for hydroxylation is 2. The Morgan fingerprint density at radius 2 is 1.89 bits per heavy atom. The van der Waals surface area contributed by atoms with Crippen molar-refractivity contribution in [3.05, 3.63) is 34.9 Å². The van der Waals surface area contributed by atoms with Gasteiger partial charge in [0.05, 0.1) is 5.41 Å². The SMILES string of the molecule is CCC(CC)(Cc1ccc2c(c1)CCC2)C(=O)O. The van der Waals surface area contributed by atoms with Gasteiger partial charge in [-0.3, -0.25) is 4.79 Å². The maximum Gasteiger partial charge on any atom is 0.309 e. The first-order valence-electron chi connectivity index (χ1n) is 6.95. The van der Waals surface area contributed by atoms with Crippen LogP contribution in [0.3, 0.4) is 0 Å². The van der Waals surface area contributed by atoms with Gasteiger partial charge in [0.1, 0.15) is 0 Å². The first-order chi connectivity index (χ1) is 8.61. The van der Waals surface area contributed by atoms with Gasteiger partial charge in [-0.2, -0.15) is 0 Å². The Labute approximate surface area is 109 Å². The largest absolute Gasteiger partial charge is 0.481 e. The van der Waals surface area contributed by atoms with Crippen molar-refractivity contribution >= 4 is 5.97 Å². The number of hydrogen-bond acceptors (Lipinski definition) is 1. The van der Waals surface area contributed by atoms with E-state index in [1.807, 2.05) is 13.8 Å². The van der Waals surface area contributed by atoms with Crippen molar-refractivity contribution in [2.24, 2.45) is 5.41 Å². The quantitative estimate of drug-likeness (QED) is 0.861. The number of hydrogen-bond donors (Lipinski definition) is 1. The molecule has 0 atom stereocenters. The molecule has 1 N–H and O–H groups in total. The standard InChI is InChI=1S/C16H22O2/c1-3-16(4-2,15(17)18)11-12-8-9-13-6-5-7-14(13)10-12/h8-10H,3-7,11H2,1-2H3,(H,17,18). The van der Waals surface area contributed by atoms with Gasteiger partial charge >= 0.3 is 5.97 Å². The average Bonchev–Trinajstić information content (AvgIpc) is 2.83. The van der Waals surface area contributed by atoms with E-state index in [0.717, 1.165) is 6.42 Å². The fourth-order valence-corrected chi connectivity index (χ4v) is 3.00. The van der Waals surface area contributed by atoms with E-state index in [-0.39, 0.29) is 0 Å². The van der Waals surface area contributed by atoms with Crippen molar-refractivity contribution in [3.63, 3.8) is 0 Å². The summed E-state index contributed by atoms with van der Waals surface area (Å²) in [4.78, 5) is 11.5. The minimum absolute atomic E-state index is 0.590. The molecule has 2 nitrogen and oxygen atoms in total. The van der Waals surface area contributed by atoms with Crippen molar-refractivity contribution < 1.29 is 9.90 Å². The minimum atomic E-state index is -0.659. The fourth-order valence-electron chi connectivity index (χ4n) is 3.00. The minimum Gasteiger partial charge on any atom is -0.481 e. The van der Waals surface area contributed by atoms with E-state index in [0.29, 0.717) is 19.3 Å². The first-order valence-corrected chi connectivity index (χ1v) is 6.95. The summed E-state index contributed by atoms with van der Waals surface area (Å²) in [6.07, 6.45) is 5.61. The molecule has 0 aromatic heterocycles. The van der Waals surface area contributed by atoms with Gasteiger partial charge in [-0.05, 0) is 55.2 Å². The molecule has 2 rings (SSSR count). The molecule has 0 amide bonds. The molecule has 0 heterocycles. The van der Waals surface area contributed by atoms with E-state index in [2.05, 4.69) is 18.2 Å². The highest BCUT2D eigenvalue weighted by Gasteiger charge is 2.35. The number of carbonyl (C=O) groups is 1. The van der Waals surface area contributed by atoms with E-state index in [1.165, 1.54) is 29.5 Å². The lowest BCUT2D eigenvalue weighted by Gasteiger charge is -2.27. The zero-order valence-corrected chi connectivity index (χ0v) is 11.3. The molecular formula is C16H22O2. The zero-order valence-electron chi connectivity index (χ0n) is 11.3. The molecule has 0 unspecified atom stereocenters. The van der Waals surface area contributed by atoms with E-state index in [1.54, 1.807) is 0 Å². The van der Waals surface area contributed by atoms with Crippen LogP contribution in [0.2, 0.25) is 0 Å². The molecule has 0 aliphatic heterocycles. The molecule has 98 valence electrons. The van der Waals surface area contributed by atoms with E-state index in [9.17, 15) is 9.90 Å². The maximum atomic E-state index is 11.5. The maximum absolute atomic E-state index is 11.5. The predicted molar refractivity (Wildman–Crippen MR) is 72.8 cm³/mol. The van der Waals surface area contributed by atoms with Crippen LogP contribution in [-0.2, 0) is 24.1 Å². The van der Waals surface area contributed by atoms with Crippen LogP contribution in [0.25, 0.3) is 0 Å². The van der Waals surface area contributed by atoms with Gasteiger partial charge in [0.15, 0.2) is 0 Å². The number of aliphatic carboxylic acids is 1. The Kier molecular flexibility index (Phi) is 3.74. The summed E-state index contributed by atoms with van der Waals surface area (Å²) in [5.41, 5.74) is 3.47. The second-order valence-electron chi connectivity index (χ2n) is 5.43. The van der Waals surface area contributed by atoms with Crippen LogP contribution in [-0.4, -0.2) is 11.1 Å². The molecule has 0 saturated heterocycles. The lowest BCUT2D eigenvalue weighted by Crippen LogP contribution is -2.32. The second kappa shape index (κ2) is 5.13. The van der Waals surface area contributed by atoms with Crippen LogP contribution in [0.5, 0.6) is 0 Å². The number of carboxylic acids is 1. The molecule has 2 heteroatoms. The van der Waals surface area contributed by atoms with E-state index < -0.39 is 11.4 Å². The van der Waals surface area contributed by atoms with Crippen molar-refractivity contribution in [3.8, 4) is 0 Å². The van der Waals surface area contributed by atoms with Crippen LogP contribution in [0.15, 0.2) is 18.2 Å². The molecule has 0 radical (unpaired) electrons. The Hall–Kier alpha value is -1.31. The number of benzene rings is 1. The van der Waals surface area contributed by atoms with Gasteiger partial charge in [-0.15, -0.1) is 0 Å². The Morgan fingerprint density at radius 1 is 1.22 bits per heavy atom. The second-order valence-corrected chi connectivity index (χ2v) is 5.43. The molecule has 0 spiro atoms. The lowest BCUT2D eigenvalue weighted by atomic mass is 9.77. The molecule has 0 bridgehead atoms. The van der Waals surface area contributed by atoms with Crippen molar-refractivity contribution in [2.75, 3.05) is 0 Å². The van der Waals surface area contributed by atoms with Crippen molar-refractivity contribution in [2.45, 2.75) is 52.4 Å². The predicted octanol–water partition coefficient (Wildman–Crippen LogP) is 3.61. The third kappa shape index (κ3) is 2.29. The van der Waals surface area contributed by atoms with E-state index in [4.69, 9.17) is 0 Å². The molecule has 0 fully saturated rings. The summed E-state index contributed by atoms with van der Waals surface area (Å²) in [5, 5.41) is 9.48. The summed E-state index contributed by atoms with van der Waals surface area (Å²) in [7, 11) is 0. The number of rotatable bonds is 5. The highest BCUT2D eigenvalue weighted by atomic mass is 16.4. The lowest BCUT2D eigenvalue weighted by molar-refractivity contribution is -0.149. The Morgan fingerprint density at radius 3 is 2.50 bits per heavy atom. The molecular weight excluding hydrogens is 224 g/mol. The van der Waals surface area contributed by atoms with Gasteiger partial charge in [-0.1, -0.05) is 32.0 Å². The number of fused-ring (bicyclic) bond motifs is 1. The Balaban J connectivity index is 2.24. The molecule has 1 aliphatic carbocycles. The zero-order chi connectivity index (χ0) is 13.2. The third-order valence-electron chi connectivity index (χ3n) is 4.51.